The minimum atomic E-state index is -1.62. The number of aromatic hydroxyl groups is 1. The number of aliphatic hydroxyl groups excluding tert-OH is 4. The zero-order chi connectivity index (χ0) is 42.7. The molecule has 0 bridgehead atoms. The molecule has 328 valence electrons. The van der Waals surface area contributed by atoms with Crippen molar-refractivity contribution in [3.05, 3.63) is 59.7 Å². The maximum absolute atomic E-state index is 14.0. The highest BCUT2D eigenvalue weighted by molar-refractivity contribution is 7.99. The van der Waals surface area contributed by atoms with Crippen LogP contribution >= 0.6 is 11.8 Å². The van der Waals surface area contributed by atoms with Crippen LogP contribution in [-0.4, -0.2) is 141 Å². The number of likely N-dealkylation sites (tertiary alicyclic amines) is 1. The van der Waals surface area contributed by atoms with E-state index in [0.717, 1.165) is 30.6 Å². The first-order valence-electron chi connectivity index (χ1n) is 20.8. The molecule has 2 aromatic carbocycles. The van der Waals surface area contributed by atoms with Gasteiger partial charge in [-0.3, -0.25) is 14.5 Å². The van der Waals surface area contributed by atoms with Crippen molar-refractivity contribution in [1.82, 2.24) is 20.9 Å². The molecule has 0 spiro atoms. The first kappa shape index (κ1) is 46.6. The molecule has 3 aliphatic rings. The van der Waals surface area contributed by atoms with E-state index < -0.39 is 73.0 Å². The van der Waals surface area contributed by atoms with Crippen molar-refractivity contribution in [1.29, 1.82) is 0 Å². The van der Waals surface area contributed by atoms with E-state index in [2.05, 4.69) is 20.9 Å². The highest BCUT2D eigenvalue weighted by Gasteiger charge is 2.45. The van der Waals surface area contributed by atoms with Gasteiger partial charge in [0, 0.05) is 53.6 Å². The topological polar surface area (TPSA) is 219 Å². The number of hydrogen-bond acceptors (Lipinski definition) is 13. The van der Waals surface area contributed by atoms with Gasteiger partial charge in [-0.15, -0.1) is 11.8 Å². The molecule has 2 saturated heterocycles. The Morgan fingerprint density at radius 1 is 0.983 bits per heavy atom. The standard InChI is InChI=1S/C43H64N4O11S/c1-26-30(17-12-18-33(26)49)39(52)45-31(25-59-29-15-6-5-7-16-29)34(23-47-22-28-14-9-8-13-27(28)21-32(47)40(53)46-43(2,3)4)58-42(55)44-19-10-11-20-56-38-36(50)35(24-48)57-41(54)37(38)51/h5-7,12,15-18,27-28,31-32,34-38,41,48-51,54H,8-11,13-14,19-25H2,1-4H3,(H,44,55)(H,45,52)(H,46,53)/t27-,28+,31-,32?,34+,35+,36+,37+,38-,41?/m0/s1. The van der Waals surface area contributed by atoms with Crippen LogP contribution in [0.15, 0.2) is 53.4 Å². The maximum atomic E-state index is 14.0. The minimum Gasteiger partial charge on any atom is -0.508 e. The van der Waals surface area contributed by atoms with Crippen molar-refractivity contribution < 1.29 is 54.1 Å². The first-order valence-corrected chi connectivity index (χ1v) is 21.8. The number of phenolic OH excluding ortho intramolecular Hbond substituents is 1. The van der Waals surface area contributed by atoms with E-state index in [1.165, 1.54) is 17.8 Å². The summed E-state index contributed by atoms with van der Waals surface area (Å²) in [6, 6.07) is 13.3. The summed E-state index contributed by atoms with van der Waals surface area (Å²) in [4.78, 5) is 44.7. The fraction of sp³-hybridized carbons (Fsp3) is 0.651. The van der Waals surface area contributed by atoms with Crippen LogP contribution in [-0.2, 0) is 19.0 Å². The molecule has 16 heteroatoms. The van der Waals surface area contributed by atoms with Crippen LogP contribution in [0.4, 0.5) is 4.79 Å². The SMILES string of the molecule is Cc1c(O)cccc1C(=O)N[C@@H](CSc1ccccc1)[C@@H](CN1C[C@H]2CCCC[C@H]2CC1C(=O)NC(C)(C)C)OC(=O)NCCCCO[C@H]1[C@H](O)[C@@H](CO)OC(O)[C@@H]1O. The number of fused-ring (bicyclic) bond motifs is 1. The summed E-state index contributed by atoms with van der Waals surface area (Å²) in [5.41, 5.74) is 0.252. The van der Waals surface area contributed by atoms with Crippen molar-refractivity contribution in [3.63, 3.8) is 0 Å². The largest absolute Gasteiger partial charge is 0.508 e. The number of nitrogens with one attached hydrogen (secondary N) is 3. The number of unbranched alkanes of at least 4 members (excludes halogenated alkanes) is 1. The summed E-state index contributed by atoms with van der Waals surface area (Å²) >= 11 is 1.50. The molecule has 8 N–H and O–H groups in total. The van der Waals surface area contributed by atoms with Crippen LogP contribution < -0.4 is 16.0 Å². The zero-order valence-corrected chi connectivity index (χ0v) is 35.4. The quantitative estimate of drug-likeness (QED) is 0.0850. The predicted molar refractivity (Wildman–Crippen MR) is 222 cm³/mol. The van der Waals surface area contributed by atoms with E-state index in [4.69, 9.17) is 14.2 Å². The van der Waals surface area contributed by atoms with E-state index in [9.17, 15) is 39.9 Å². The van der Waals surface area contributed by atoms with Gasteiger partial charge in [0.15, 0.2) is 6.29 Å². The van der Waals surface area contributed by atoms with Gasteiger partial charge in [-0.25, -0.2) is 4.79 Å². The number of carbonyl (C=O) groups excluding carboxylic acids is 3. The van der Waals surface area contributed by atoms with Gasteiger partial charge in [0.1, 0.15) is 36.3 Å². The lowest BCUT2D eigenvalue weighted by Gasteiger charge is -2.47. The van der Waals surface area contributed by atoms with Crippen LogP contribution in [0.5, 0.6) is 5.75 Å². The Kier molecular flexibility index (Phi) is 17.3. The van der Waals surface area contributed by atoms with Crippen LogP contribution in [0.25, 0.3) is 0 Å². The molecule has 1 saturated carbocycles. The van der Waals surface area contributed by atoms with Gasteiger partial charge in [-0.05, 0) is 89.5 Å². The molecular weight excluding hydrogens is 781 g/mol. The number of alkyl carbamates (subject to hydrolysis) is 1. The number of nitrogens with zero attached hydrogens (tertiary/aromatic N) is 1. The van der Waals surface area contributed by atoms with Gasteiger partial charge in [0.2, 0.25) is 5.91 Å². The summed E-state index contributed by atoms with van der Waals surface area (Å²) in [5, 5.41) is 59.6. The van der Waals surface area contributed by atoms with Crippen molar-refractivity contribution in [2.24, 2.45) is 11.8 Å². The predicted octanol–water partition coefficient (Wildman–Crippen LogP) is 3.08. The normalized spacial score (nSPS) is 27.2. The molecule has 2 aromatic rings. The number of phenols is 1. The Labute approximate surface area is 351 Å². The van der Waals surface area contributed by atoms with E-state index in [1.807, 2.05) is 51.1 Å². The van der Waals surface area contributed by atoms with E-state index in [1.54, 1.807) is 19.1 Å². The van der Waals surface area contributed by atoms with Crippen LogP contribution in [0.2, 0.25) is 0 Å². The highest BCUT2D eigenvalue weighted by atomic mass is 32.2. The van der Waals surface area contributed by atoms with E-state index in [0.29, 0.717) is 49.0 Å². The number of amides is 3. The number of benzene rings is 2. The van der Waals surface area contributed by atoms with E-state index >= 15 is 0 Å². The van der Waals surface area contributed by atoms with Gasteiger partial charge in [-0.2, -0.15) is 0 Å². The Morgan fingerprint density at radius 2 is 1.71 bits per heavy atom. The Bertz CT molecular complexity index is 1670. The van der Waals surface area contributed by atoms with Gasteiger partial charge in [0.05, 0.1) is 18.7 Å². The van der Waals surface area contributed by atoms with Gasteiger partial charge >= 0.3 is 6.09 Å². The second-order valence-corrected chi connectivity index (χ2v) is 18.1. The minimum absolute atomic E-state index is 0.0134. The van der Waals surface area contributed by atoms with Crippen molar-refractivity contribution in [3.8, 4) is 5.75 Å². The number of aliphatic hydroxyl groups is 4. The Morgan fingerprint density at radius 3 is 2.42 bits per heavy atom. The third-order valence-electron chi connectivity index (χ3n) is 11.5. The number of ether oxygens (including phenoxy) is 3. The third-order valence-corrected chi connectivity index (χ3v) is 12.6. The molecule has 1 aliphatic carbocycles. The van der Waals surface area contributed by atoms with Crippen molar-refractivity contribution in [2.75, 3.05) is 38.6 Å². The number of rotatable bonds is 17. The summed E-state index contributed by atoms with van der Waals surface area (Å²) in [6.45, 7) is 8.07. The lowest BCUT2D eigenvalue weighted by molar-refractivity contribution is -0.294. The van der Waals surface area contributed by atoms with Gasteiger partial charge in [0.25, 0.3) is 5.91 Å². The molecule has 2 aliphatic heterocycles. The first-order chi connectivity index (χ1) is 28.1. The number of thioether (sulfide) groups is 1. The second kappa shape index (κ2) is 21.9. The lowest BCUT2D eigenvalue weighted by Crippen LogP contribution is -2.61. The molecule has 59 heavy (non-hydrogen) atoms. The Balaban J connectivity index is 1.34. The molecule has 5 rings (SSSR count). The summed E-state index contributed by atoms with van der Waals surface area (Å²) in [5.74, 6) is 0.611. The average Bonchev–Trinajstić information content (AvgIpc) is 3.20. The van der Waals surface area contributed by atoms with Crippen molar-refractivity contribution >= 4 is 29.7 Å². The highest BCUT2D eigenvalue weighted by Crippen LogP contribution is 2.39. The van der Waals surface area contributed by atoms with Gasteiger partial charge < -0.3 is 55.7 Å². The summed E-state index contributed by atoms with van der Waals surface area (Å²) in [7, 11) is 0. The lowest BCUT2D eigenvalue weighted by atomic mass is 9.72. The maximum Gasteiger partial charge on any atom is 0.407 e. The van der Waals surface area contributed by atoms with Crippen LogP contribution in [0.3, 0.4) is 0 Å². The molecule has 3 fully saturated rings. The third kappa shape index (κ3) is 13.3. The molecule has 2 unspecified atom stereocenters. The van der Waals surface area contributed by atoms with E-state index in [-0.39, 0.29) is 36.9 Å². The fourth-order valence-corrected chi connectivity index (χ4v) is 9.26. The molecular formula is C43H64N4O11S. The fourth-order valence-electron chi connectivity index (χ4n) is 8.25. The van der Waals surface area contributed by atoms with Crippen LogP contribution in [0, 0.1) is 18.8 Å². The number of piperidine rings is 1. The molecule has 0 radical (unpaired) electrons. The summed E-state index contributed by atoms with van der Waals surface area (Å²) < 4.78 is 16.9. The Hall–Kier alpha value is -3.48. The van der Waals surface area contributed by atoms with Gasteiger partial charge in [-0.1, -0.05) is 43.5 Å². The molecule has 2 heterocycles. The smallest absolute Gasteiger partial charge is 0.407 e. The monoisotopic (exact) mass is 844 g/mol. The average molecular weight is 845 g/mol. The number of carbonyl (C=O) groups is 3. The van der Waals surface area contributed by atoms with Crippen LogP contribution in [0.1, 0.15) is 81.6 Å². The molecule has 0 aromatic heterocycles. The molecule has 3 amide bonds. The molecule has 10 atom stereocenters. The zero-order valence-electron chi connectivity index (χ0n) is 34.6. The molecule has 15 nitrogen and oxygen atoms in total. The summed E-state index contributed by atoms with van der Waals surface area (Å²) in [6.07, 6.45) is -2.44. The van der Waals surface area contributed by atoms with Crippen molar-refractivity contribution in [2.45, 2.75) is 132 Å². The number of hydrogen-bond donors (Lipinski definition) is 8. The second-order valence-electron chi connectivity index (χ2n) is 17.0.